The van der Waals surface area contributed by atoms with Crippen LogP contribution in [0.1, 0.15) is 33.0 Å². The maximum Gasteiger partial charge on any atom is 0.412 e. The molecule has 2 rings (SSSR count). The van der Waals surface area contributed by atoms with E-state index in [1.807, 2.05) is 20.8 Å². The van der Waals surface area contributed by atoms with Crippen molar-refractivity contribution in [2.24, 2.45) is 5.73 Å². The van der Waals surface area contributed by atoms with Crippen molar-refractivity contribution in [3.8, 4) is 0 Å². The Labute approximate surface area is 106 Å². The number of ether oxygens (including phenoxy) is 1. The van der Waals surface area contributed by atoms with Crippen LogP contribution >= 0.6 is 0 Å². The Morgan fingerprint density at radius 1 is 1.44 bits per heavy atom. The zero-order chi connectivity index (χ0) is 13.4. The van der Waals surface area contributed by atoms with Crippen molar-refractivity contribution in [3.63, 3.8) is 0 Å². The average Bonchev–Trinajstić information content (AvgIpc) is 2.25. The molecule has 1 unspecified atom stereocenters. The lowest BCUT2D eigenvalue weighted by Crippen LogP contribution is -2.66. The van der Waals surface area contributed by atoms with Crippen LogP contribution in [0.25, 0.3) is 0 Å². The number of aromatic nitrogens is 2. The monoisotopic (exact) mass is 250 g/mol. The van der Waals surface area contributed by atoms with Crippen molar-refractivity contribution in [1.82, 2.24) is 14.9 Å². The van der Waals surface area contributed by atoms with Crippen molar-refractivity contribution in [2.75, 3.05) is 6.54 Å². The summed E-state index contributed by atoms with van der Waals surface area (Å²) in [6.07, 6.45) is 3.44. The van der Waals surface area contributed by atoms with Gasteiger partial charge in [-0.15, -0.1) is 0 Å². The molecular formula is C12H18N4O2. The van der Waals surface area contributed by atoms with E-state index in [1.54, 1.807) is 18.5 Å². The van der Waals surface area contributed by atoms with Crippen LogP contribution < -0.4 is 5.73 Å². The molecule has 2 N–H and O–H groups in total. The molecule has 1 fully saturated rings. The van der Waals surface area contributed by atoms with Gasteiger partial charge in [-0.1, -0.05) is 0 Å². The van der Waals surface area contributed by atoms with E-state index < -0.39 is 17.4 Å². The Morgan fingerprint density at radius 2 is 2.06 bits per heavy atom. The quantitative estimate of drug-likeness (QED) is 0.810. The second kappa shape index (κ2) is 4.20. The largest absolute Gasteiger partial charge is 0.444 e. The van der Waals surface area contributed by atoms with Crippen LogP contribution in [0.5, 0.6) is 0 Å². The van der Waals surface area contributed by atoms with Gasteiger partial charge in [0, 0.05) is 25.4 Å². The van der Waals surface area contributed by atoms with E-state index in [-0.39, 0.29) is 0 Å². The normalized spacial score (nSPS) is 23.4. The number of nitrogens with zero attached hydrogens (tertiary/aromatic N) is 3. The molecule has 0 saturated carbocycles. The Kier molecular flexibility index (Phi) is 2.98. The summed E-state index contributed by atoms with van der Waals surface area (Å²) in [5, 5.41) is 0. The molecule has 1 amide bonds. The molecule has 1 aliphatic rings. The van der Waals surface area contributed by atoms with Crippen LogP contribution in [0.15, 0.2) is 18.5 Å². The molecule has 0 spiro atoms. The topological polar surface area (TPSA) is 81.3 Å². The van der Waals surface area contributed by atoms with Gasteiger partial charge in [0.1, 0.15) is 5.60 Å². The van der Waals surface area contributed by atoms with Gasteiger partial charge in [0.05, 0.1) is 0 Å². The van der Waals surface area contributed by atoms with Gasteiger partial charge in [0.15, 0.2) is 11.5 Å². The highest BCUT2D eigenvalue weighted by atomic mass is 16.6. The highest BCUT2D eigenvalue weighted by molar-refractivity contribution is 5.70. The van der Waals surface area contributed by atoms with E-state index in [2.05, 4.69) is 9.97 Å². The lowest BCUT2D eigenvalue weighted by atomic mass is 9.95. The van der Waals surface area contributed by atoms with E-state index in [0.29, 0.717) is 18.8 Å². The minimum atomic E-state index is -0.941. The van der Waals surface area contributed by atoms with Gasteiger partial charge in [-0.05, 0) is 26.8 Å². The second-order valence-electron chi connectivity index (χ2n) is 5.38. The fraction of sp³-hybridized carbons (Fsp3) is 0.583. The average molecular weight is 250 g/mol. The number of amides is 1. The first-order valence-corrected chi connectivity index (χ1v) is 5.90. The molecule has 1 aliphatic heterocycles. The van der Waals surface area contributed by atoms with Crippen LogP contribution in [0.4, 0.5) is 4.79 Å². The fourth-order valence-corrected chi connectivity index (χ4v) is 1.79. The van der Waals surface area contributed by atoms with Gasteiger partial charge in [-0.2, -0.15) is 0 Å². The van der Waals surface area contributed by atoms with Gasteiger partial charge < -0.3 is 10.5 Å². The van der Waals surface area contributed by atoms with Crippen LogP contribution in [0, 0.1) is 0 Å². The third-order valence-electron chi connectivity index (χ3n) is 2.77. The molecule has 6 nitrogen and oxygen atoms in total. The van der Waals surface area contributed by atoms with Crippen LogP contribution in [0.3, 0.4) is 0 Å². The summed E-state index contributed by atoms with van der Waals surface area (Å²) in [5.74, 6) is 0.446. The van der Waals surface area contributed by atoms with Crippen LogP contribution in [-0.2, 0) is 10.4 Å². The lowest BCUT2D eigenvalue weighted by molar-refractivity contribution is -0.0489. The first-order chi connectivity index (χ1) is 8.33. The predicted octanol–water partition coefficient (Wildman–Crippen LogP) is 1.23. The molecule has 6 heteroatoms. The van der Waals surface area contributed by atoms with E-state index in [4.69, 9.17) is 10.5 Å². The molecule has 98 valence electrons. The summed E-state index contributed by atoms with van der Waals surface area (Å²) in [6, 6.07) is 1.71. The number of rotatable bonds is 1. The third kappa shape index (κ3) is 2.28. The van der Waals surface area contributed by atoms with E-state index >= 15 is 0 Å². The molecule has 0 aromatic carbocycles. The molecule has 18 heavy (non-hydrogen) atoms. The van der Waals surface area contributed by atoms with E-state index in [9.17, 15) is 4.79 Å². The Hall–Kier alpha value is -1.69. The molecule has 1 atom stereocenters. The van der Waals surface area contributed by atoms with Gasteiger partial charge in [0.25, 0.3) is 0 Å². The van der Waals surface area contributed by atoms with E-state index in [0.717, 1.165) is 0 Å². The van der Waals surface area contributed by atoms with Crippen molar-refractivity contribution in [1.29, 1.82) is 0 Å². The summed E-state index contributed by atoms with van der Waals surface area (Å²) in [4.78, 5) is 21.7. The second-order valence-corrected chi connectivity index (χ2v) is 5.38. The SMILES string of the molecule is CC(C)(C)OC(=O)N1CCC1(N)c1ncccn1. The number of carbonyl (C=O) groups is 1. The highest BCUT2D eigenvalue weighted by Crippen LogP contribution is 2.34. The van der Waals surface area contributed by atoms with Gasteiger partial charge in [-0.3, -0.25) is 4.90 Å². The van der Waals surface area contributed by atoms with Crippen LogP contribution in [-0.4, -0.2) is 33.1 Å². The van der Waals surface area contributed by atoms with Crippen LogP contribution in [0.2, 0.25) is 0 Å². The Morgan fingerprint density at radius 3 is 2.50 bits per heavy atom. The summed E-state index contributed by atoms with van der Waals surface area (Å²) in [6.45, 7) is 6.02. The van der Waals surface area contributed by atoms with Gasteiger partial charge >= 0.3 is 6.09 Å². The molecule has 1 aromatic rings. The Balaban J connectivity index is 2.15. The summed E-state index contributed by atoms with van der Waals surface area (Å²) < 4.78 is 5.31. The van der Waals surface area contributed by atoms with Crippen molar-refractivity contribution < 1.29 is 9.53 Å². The predicted molar refractivity (Wildman–Crippen MR) is 65.5 cm³/mol. The highest BCUT2D eigenvalue weighted by Gasteiger charge is 2.49. The molecule has 1 aromatic heterocycles. The van der Waals surface area contributed by atoms with Crippen molar-refractivity contribution in [3.05, 3.63) is 24.3 Å². The maximum absolute atomic E-state index is 12.0. The zero-order valence-corrected chi connectivity index (χ0v) is 10.9. The number of hydrogen-bond donors (Lipinski definition) is 1. The molecule has 0 radical (unpaired) electrons. The number of likely N-dealkylation sites (tertiary alicyclic amines) is 1. The molecular weight excluding hydrogens is 232 g/mol. The Bertz CT molecular complexity index is 443. The fourth-order valence-electron chi connectivity index (χ4n) is 1.79. The van der Waals surface area contributed by atoms with Crippen molar-refractivity contribution in [2.45, 2.75) is 38.5 Å². The summed E-state index contributed by atoms with van der Waals surface area (Å²) in [7, 11) is 0. The first kappa shape index (κ1) is 12.8. The molecule has 2 heterocycles. The summed E-state index contributed by atoms with van der Waals surface area (Å²) >= 11 is 0. The third-order valence-corrected chi connectivity index (χ3v) is 2.77. The number of hydrogen-bond acceptors (Lipinski definition) is 5. The molecule has 0 bridgehead atoms. The number of carbonyl (C=O) groups excluding carboxylic acids is 1. The first-order valence-electron chi connectivity index (χ1n) is 5.90. The van der Waals surface area contributed by atoms with Gasteiger partial charge in [0.2, 0.25) is 0 Å². The smallest absolute Gasteiger partial charge is 0.412 e. The minimum Gasteiger partial charge on any atom is -0.444 e. The zero-order valence-electron chi connectivity index (χ0n) is 10.9. The minimum absolute atomic E-state index is 0.427. The van der Waals surface area contributed by atoms with E-state index in [1.165, 1.54) is 4.90 Å². The van der Waals surface area contributed by atoms with Gasteiger partial charge in [-0.25, -0.2) is 14.8 Å². The lowest BCUT2D eigenvalue weighted by Gasteiger charge is -2.48. The summed E-state index contributed by atoms with van der Waals surface area (Å²) in [5.41, 5.74) is 4.71. The molecule has 0 aliphatic carbocycles. The maximum atomic E-state index is 12.0. The van der Waals surface area contributed by atoms with Crippen molar-refractivity contribution >= 4 is 6.09 Å². The number of nitrogens with two attached hydrogens (primary N) is 1. The standard InChI is InChI=1S/C12H18N4O2/c1-11(2,3)18-10(17)16-8-5-12(16,13)9-14-6-4-7-15-9/h4,6-7H,5,8,13H2,1-3H3. The molecule has 1 saturated heterocycles.